The van der Waals surface area contributed by atoms with E-state index in [0.717, 1.165) is 25.7 Å². The van der Waals surface area contributed by atoms with Crippen molar-refractivity contribution in [3.8, 4) is 0 Å². The van der Waals surface area contributed by atoms with Crippen LogP contribution in [-0.4, -0.2) is 47.5 Å². The molecule has 0 aromatic heterocycles. The summed E-state index contributed by atoms with van der Waals surface area (Å²) in [5.74, 6) is -1.68. The number of carbonyl (C=O) groups is 3. The van der Waals surface area contributed by atoms with Crippen LogP contribution in [0.5, 0.6) is 0 Å². The van der Waals surface area contributed by atoms with Gasteiger partial charge in [-0.15, -0.1) is 0 Å². The molecule has 0 radical (unpaired) electrons. The number of aliphatic carboxylic acids is 1. The minimum atomic E-state index is -0.946. The first-order valence-corrected chi connectivity index (χ1v) is 9.02. The number of amides is 3. The average molecular weight is 361 g/mol. The molecule has 1 saturated carbocycles. The van der Waals surface area contributed by atoms with E-state index in [4.69, 9.17) is 5.11 Å². The Labute approximate surface area is 153 Å². The summed E-state index contributed by atoms with van der Waals surface area (Å²) in [6.45, 7) is 1.66. The highest BCUT2D eigenvalue weighted by atomic mass is 16.4. The highest BCUT2D eigenvalue weighted by molar-refractivity contribution is 5.95. The van der Waals surface area contributed by atoms with Gasteiger partial charge in [-0.2, -0.15) is 0 Å². The van der Waals surface area contributed by atoms with Crippen LogP contribution in [0.1, 0.15) is 49.4 Å². The Balaban J connectivity index is 1.87. The number of urea groups is 1. The van der Waals surface area contributed by atoms with Crippen molar-refractivity contribution >= 4 is 23.6 Å². The number of nitrogens with one attached hydrogen (secondary N) is 2. The molecule has 0 spiro atoms. The fourth-order valence-electron chi connectivity index (χ4n) is 3.01. The molecule has 0 saturated heterocycles. The lowest BCUT2D eigenvalue weighted by molar-refractivity contribution is -0.141. The molecule has 0 heterocycles. The first-order valence-electron chi connectivity index (χ1n) is 9.02. The third-order valence-corrected chi connectivity index (χ3v) is 4.65. The van der Waals surface area contributed by atoms with E-state index in [1.165, 1.54) is 11.3 Å². The molecule has 142 valence electrons. The van der Waals surface area contributed by atoms with Gasteiger partial charge in [0.05, 0.1) is 5.92 Å². The molecule has 1 aromatic carbocycles. The molecule has 26 heavy (non-hydrogen) atoms. The average Bonchev–Trinajstić information content (AvgIpc) is 2.62. The number of carbonyl (C=O) groups excluding carboxylic acids is 2. The fraction of sp³-hybridized carbons (Fsp3) is 0.526. The zero-order chi connectivity index (χ0) is 19.1. The van der Waals surface area contributed by atoms with E-state index in [2.05, 4.69) is 10.6 Å². The summed E-state index contributed by atoms with van der Waals surface area (Å²) in [5.41, 5.74) is 1.11. The normalized spacial score (nSPS) is 15.8. The zero-order valence-corrected chi connectivity index (χ0v) is 15.3. The summed E-state index contributed by atoms with van der Waals surface area (Å²) in [7, 11) is 1.54. The van der Waals surface area contributed by atoms with E-state index >= 15 is 0 Å². The monoisotopic (exact) mass is 361 g/mol. The lowest BCUT2D eigenvalue weighted by Gasteiger charge is -2.23. The van der Waals surface area contributed by atoms with E-state index < -0.39 is 17.9 Å². The summed E-state index contributed by atoms with van der Waals surface area (Å²) < 4.78 is 0. The van der Waals surface area contributed by atoms with Crippen LogP contribution in [0.2, 0.25) is 0 Å². The molecule has 1 aromatic rings. The molecule has 1 aliphatic carbocycles. The fourth-order valence-corrected chi connectivity index (χ4v) is 3.01. The second kappa shape index (κ2) is 9.22. The van der Waals surface area contributed by atoms with Crippen LogP contribution < -0.4 is 10.6 Å². The Morgan fingerprint density at radius 3 is 2.35 bits per heavy atom. The topological polar surface area (TPSA) is 98.7 Å². The number of benzene rings is 1. The van der Waals surface area contributed by atoms with Gasteiger partial charge in [-0.1, -0.05) is 26.2 Å². The highest BCUT2D eigenvalue weighted by Crippen LogP contribution is 2.18. The molecule has 3 amide bonds. The van der Waals surface area contributed by atoms with E-state index in [0.29, 0.717) is 11.3 Å². The van der Waals surface area contributed by atoms with Crippen molar-refractivity contribution in [3.63, 3.8) is 0 Å². The quantitative estimate of drug-likeness (QED) is 0.725. The Bertz CT molecular complexity index is 639. The van der Waals surface area contributed by atoms with Crippen molar-refractivity contribution in [2.45, 2.75) is 45.1 Å². The number of carboxylic acids is 1. The molecule has 1 fully saturated rings. The van der Waals surface area contributed by atoms with E-state index in [1.54, 1.807) is 38.2 Å². The molecule has 0 aliphatic heterocycles. The molecule has 7 nitrogen and oxygen atoms in total. The largest absolute Gasteiger partial charge is 0.481 e. The molecule has 0 bridgehead atoms. The molecule has 2 rings (SSSR count). The first-order chi connectivity index (χ1) is 12.4. The van der Waals surface area contributed by atoms with Crippen LogP contribution in [0.25, 0.3) is 0 Å². The molecule has 1 unspecified atom stereocenters. The van der Waals surface area contributed by atoms with Gasteiger partial charge < -0.3 is 20.6 Å². The standard InChI is InChI=1S/C19H27N3O4/c1-13(18(24)25)12-22(2)19(26)21-16-10-8-14(9-11-16)17(23)20-15-6-4-3-5-7-15/h8-11,13,15H,3-7,12H2,1-2H3,(H,20,23)(H,21,26)(H,24,25). The summed E-state index contributed by atoms with van der Waals surface area (Å²) >= 11 is 0. The zero-order valence-electron chi connectivity index (χ0n) is 15.3. The van der Waals surface area contributed by atoms with Gasteiger partial charge >= 0.3 is 12.0 Å². The van der Waals surface area contributed by atoms with Gasteiger partial charge in [-0.3, -0.25) is 9.59 Å². The molecular formula is C19H27N3O4. The minimum absolute atomic E-state index is 0.0952. The Morgan fingerprint density at radius 1 is 1.15 bits per heavy atom. The number of nitrogens with zero attached hydrogens (tertiary/aromatic N) is 1. The van der Waals surface area contributed by atoms with Crippen LogP contribution in [0, 0.1) is 5.92 Å². The maximum Gasteiger partial charge on any atom is 0.321 e. The maximum atomic E-state index is 12.3. The van der Waals surface area contributed by atoms with Crippen LogP contribution in [0.4, 0.5) is 10.5 Å². The van der Waals surface area contributed by atoms with Crippen molar-refractivity contribution in [1.82, 2.24) is 10.2 Å². The van der Waals surface area contributed by atoms with Crippen molar-refractivity contribution in [2.24, 2.45) is 5.92 Å². The number of hydrogen-bond acceptors (Lipinski definition) is 3. The maximum absolute atomic E-state index is 12.3. The van der Waals surface area contributed by atoms with Crippen LogP contribution >= 0.6 is 0 Å². The Hall–Kier alpha value is -2.57. The summed E-state index contributed by atoms with van der Waals surface area (Å²) in [5, 5.41) is 14.7. The smallest absolute Gasteiger partial charge is 0.321 e. The van der Waals surface area contributed by atoms with Gasteiger partial charge in [-0.05, 0) is 37.1 Å². The van der Waals surface area contributed by atoms with E-state index in [-0.39, 0.29) is 18.5 Å². The van der Waals surface area contributed by atoms with Crippen LogP contribution in [0.15, 0.2) is 24.3 Å². The molecule has 3 N–H and O–H groups in total. The highest BCUT2D eigenvalue weighted by Gasteiger charge is 2.18. The lowest BCUT2D eigenvalue weighted by atomic mass is 9.95. The van der Waals surface area contributed by atoms with E-state index in [9.17, 15) is 14.4 Å². The van der Waals surface area contributed by atoms with Gasteiger partial charge in [-0.25, -0.2) is 4.79 Å². The van der Waals surface area contributed by atoms with Crippen LogP contribution in [-0.2, 0) is 4.79 Å². The van der Waals surface area contributed by atoms with Gasteiger partial charge in [0.15, 0.2) is 0 Å². The van der Waals surface area contributed by atoms with E-state index in [1.807, 2.05) is 0 Å². The molecular weight excluding hydrogens is 334 g/mol. The third-order valence-electron chi connectivity index (χ3n) is 4.65. The lowest BCUT2D eigenvalue weighted by Crippen LogP contribution is -2.37. The first kappa shape index (κ1) is 19.8. The third kappa shape index (κ3) is 5.75. The van der Waals surface area contributed by atoms with Gasteiger partial charge in [0.2, 0.25) is 0 Å². The second-order valence-electron chi connectivity index (χ2n) is 6.94. The number of carboxylic acid groups (broad SMARTS) is 1. The molecule has 1 atom stereocenters. The van der Waals surface area contributed by atoms with Crippen molar-refractivity contribution in [3.05, 3.63) is 29.8 Å². The van der Waals surface area contributed by atoms with Gasteiger partial charge in [0, 0.05) is 30.9 Å². The molecule has 7 heteroatoms. The predicted octanol–water partition coefficient (Wildman–Crippen LogP) is 2.93. The van der Waals surface area contributed by atoms with Crippen LogP contribution in [0.3, 0.4) is 0 Å². The Morgan fingerprint density at radius 2 is 1.77 bits per heavy atom. The number of hydrogen-bond donors (Lipinski definition) is 3. The summed E-state index contributed by atoms with van der Waals surface area (Å²) in [6, 6.07) is 6.55. The van der Waals surface area contributed by atoms with Crippen molar-refractivity contribution < 1.29 is 19.5 Å². The predicted molar refractivity (Wildman–Crippen MR) is 99.2 cm³/mol. The minimum Gasteiger partial charge on any atom is -0.481 e. The number of rotatable bonds is 6. The summed E-state index contributed by atoms with van der Waals surface area (Å²) in [6.07, 6.45) is 5.61. The summed E-state index contributed by atoms with van der Waals surface area (Å²) in [4.78, 5) is 36.6. The van der Waals surface area contributed by atoms with Gasteiger partial charge in [0.1, 0.15) is 0 Å². The number of anilines is 1. The van der Waals surface area contributed by atoms with Gasteiger partial charge in [0.25, 0.3) is 5.91 Å². The second-order valence-corrected chi connectivity index (χ2v) is 6.94. The Kier molecular flexibility index (Phi) is 7.00. The van der Waals surface area contributed by atoms with Crippen molar-refractivity contribution in [1.29, 1.82) is 0 Å². The SMILES string of the molecule is CC(CN(C)C(=O)Nc1ccc(C(=O)NC2CCCCC2)cc1)C(=O)O. The van der Waals surface area contributed by atoms with Crippen molar-refractivity contribution in [2.75, 3.05) is 18.9 Å². The molecule has 1 aliphatic rings.